The van der Waals surface area contributed by atoms with Crippen LogP contribution < -0.4 is 10.1 Å². The van der Waals surface area contributed by atoms with E-state index in [4.69, 9.17) is 4.74 Å². The van der Waals surface area contributed by atoms with Crippen LogP contribution in [0.4, 0.5) is 18.9 Å². The van der Waals surface area contributed by atoms with Gasteiger partial charge in [0.15, 0.2) is 0 Å². The van der Waals surface area contributed by atoms with Gasteiger partial charge in [0.1, 0.15) is 12.4 Å². The number of hydrogen-bond donors (Lipinski definition) is 1. The lowest BCUT2D eigenvalue weighted by Gasteiger charge is -2.09. The van der Waals surface area contributed by atoms with Crippen LogP contribution in [-0.2, 0) is 12.8 Å². The molecular weight excluding hydrogens is 387 g/mol. The number of anilines is 1. The zero-order valence-corrected chi connectivity index (χ0v) is 16.1. The van der Waals surface area contributed by atoms with Crippen LogP contribution in [-0.4, -0.2) is 5.91 Å². The standard InChI is InChI=1S/C21H18F3NO2S/c1-13-6-14(2)8-18(7-13)27-11-15-9-19(28-12-15)20(26)25-17-5-3-4-16(10-17)21(22,23)24/h3-10,12H,11H2,1-2H3,(H,25,26). The highest BCUT2D eigenvalue weighted by atomic mass is 32.1. The molecule has 0 aliphatic heterocycles. The minimum atomic E-state index is -4.46. The van der Waals surface area contributed by atoms with Gasteiger partial charge in [-0.3, -0.25) is 4.79 Å². The molecule has 146 valence electrons. The molecule has 2 aromatic carbocycles. The third-order valence-electron chi connectivity index (χ3n) is 3.93. The van der Waals surface area contributed by atoms with E-state index in [0.29, 0.717) is 11.5 Å². The van der Waals surface area contributed by atoms with Crippen molar-refractivity contribution < 1.29 is 22.7 Å². The molecule has 7 heteroatoms. The van der Waals surface area contributed by atoms with Crippen molar-refractivity contribution in [2.45, 2.75) is 26.6 Å². The van der Waals surface area contributed by atoms with Crippen molar-refractivity contribution in [2.24, 2.45) is 0 Å². The van der Waals surface area contributed by atoms with E-state index in [2.05, 4.69) is 5.32 Å². The van der Waals surface area contributed by atoms with Gasteiger partial charge < -0.3 is 10.1 Å². The minimum absolute atomic E-state index is 0.0984. The summed E-state index contributed by atoms with van der Waals surface area (Å²) in [5.74, 6) is 0.292. The predicted octanol–water partition coefficient (Wildman–Crippen LogP) is 6.22. The second-order valence-corrected chi connectivity index (χ2v) is 7.38. The maximum absolute atomic E-state index is 12.8. The lowest BCUT2D eigenvalue weighted by atomic mass is 10.1. The first-order valence-electron chi connectivity index (χ1n) is 8.48. The van der Waals surface area contributed by atoms with E-state index in [1.165, 1.54) is 23.5 Å². The first kappa shape index (κ1) is 19.9. The number of rotatable bonds is 5. The molecule has 0 atom stereocenters. The third kappa shape index (κ3) is 5.13. The Kier molecular flexibility index (Phi) is 5.74. The average molecular weight is 405 g/mol. The third-order valence-corrected chi connectivity index (χ3v) is 4.90. The normalized spacial score (nSPS) is 11.3. The van der Waals surface area contributed by atoms with Gasteiger partial charge in [0.2, 0.25) is 0 Å². The molecule has 28 heavy (non-hydrogen) atoms. The Labute approximate surface area is 164 Å². The van der Waals surface area contributed by atoms with E-state index in [1.54, 1.807) is 11.4 Å². The van der Waals surface area contributed by atoms with Crippen LogP contribution >= 0.6 is 11.3 Å². The van der Waals surface area contributed by atoms with Gasteiger partial charge in [0.05, 0.1) is 10.4 Å². The SMILES string of the molecule is Cc1cc(C)cc(OCc2csc(C(=O)Nc3cccc(C(F)(F)F)c3)c2)c1. The monoisotopic (exact) mass is 405 g/mol. The molecule has 1 amide bonds. The lowest BCUT2D eigenvalue weighted by Crippen LogP contribution is -2.12. The largest absolute Gasteiger partial charge is 0.489 e. The van der Waals surface area contributed by atoms with Crippen LogP contribution in [0.5, 0.6) is 5.75 Å². The van der Waals surface area contributed by atoms with Crippen LogP contribution in [0, 0.1) is 13.8 Å². The second kappa shape index (κ2) is 8.06. The molecule has 0 fully saturated rings. The number of amides is 1. The zero-order valence-electron chi connectivity index (χ0n) is 15.3. The molecule has 0 spiro atoms. The van der Waals surface area contributed by atoms with Gasteiger partial charge in [-0.2, -0.15) is 13.2 Å². The lowest BCUT2D eigenvalue weighted by molar-refractivity contribution is -0.137. The van der Waals surface area contributed by atoms with Crippen LogP contribution in [0.1, 0.15) is 31.9 Å². The predicted molar refractivity (Wildman–Crippen MR) is 104 cm³/mol. The molecule has 1 N–H and O–H groups in total. The highest BCUT2D eigenvalue weighted by molar-refractivity contribution is 7.12. The summed E-state index contributed by atoms with van der Waals surface area (Å²) in [4.78, 5) is 12.7. The molecule has 0 saturated carbocycles. The number of ether oxygens (including phenoxy) is 1. The van der Waals surface area contributed by atoms with E-state index in [1.807, 2.05) is 32.0 Å². The number of hydrogen-bond acceptors (Lipinski definition) is 3. The van der Waals surface area contributed by atoms with Crippen LogP contribution in [0.2, 0.25) is 0 Å². The molecule has 3 rings (SSSR count). The molecule has 1 aromatic heterocycles. The van der Waals surface area contributed by atoms with E-state index in [0.717, 1.165) is 34.6 Å². The summed E-state index contributed by atoms with van der Waals surface area (Å²) in [6.07, 6.45) is -4.46. The number of thiophene rings is 1. The smallest absolute Gasteiger partial charge is 0.416 e. The Morgan fingerprint density at radius 1 is 1.07 bits per heavy atom. The minimum Gasteiger partial charge on any atom is -0.489 e. The first-order chi connectivity index (χ1) is 13.2. The number of nitrogens with one attached hydrogen (secondary N) is 1. The molecule has 1 heterocycles. The first-order valence-corrected chi connectivity index (χ1v) is 9.36. The molecule has 0 aliphatic rings. The number of carbonyl (C=O) groups excluding carboxylic acids is 1. The van der Waals surface area contributed by atoms with Crippen molar-refractivity contribution in [3.63, 3.8) is 0 Å². The zero-order chi connectivity index (χ0) is 20.3. The summed E-state index contributed by atoms with van der Waals surface area (Å²) in [5.41, 5.74) is 2.31. The summed E-state index contributed by atoms with van der Waals surface area (Å²) in [5, 5.41) is 4.30. The maximum atomic E-state index is 12.8. The van der Waals surface area contributed by atoms with Crippen molar-refractivity contribution in [3.8, 4) is 5.75 Å². The quantitative estimate of drug-likeness (QED) is 0.548. The van der Waals surface area contributed by atoms with Gasteiger partial charge >= 0.3 is 6.18 Å². The van der Waals surface area contributed by atoms with Crippen molar-refractivity contribution in [1.82, 2.24) is 0 Å². The second-order valence-electron chi connectivity index (χ2n) is 6.46. The number of carbonyl (C=O) groups is 1. The molecule has 0 radical (unpaired) electrons. The van der Waals surface area contributed by atoms with Crippen molar-refractivity contribution in [2.75, 3.05) is 5.32 Å². The van der Waals surface area contributed by atoms with E-state index in [-0.39, 0.29) is 5.69 Å². The molecule has 0 bridgehead atoms. The van der Waals surface area contributed by atoms with E-state index in [9.17, 15) is 18.0 Å². The number of halogens is 3. The fourth-order valence-corrected chi connectivity index (χ4v) is 3.51. The van der Waals surface area contributed by atoms with Crippen molar-refractivity contribution in [3.05, 3.63) is 81.0 Å². The Morgan fingerprint density at radius 3 is 2.46 bits per heavy atom. The van der Waals surface area contributed by atoms with Crippen molar-refractivity contribution in [1.29, 1.82) is 0 Å². The Bertz CT molecular complexity index is 975. The number of alkyl halides is 3. The Balaban J connectivity index is 1.64. The maximum Gasteiger partial charge on any atom is 0.416 e. The van der Waals surface area contributed by atoms with Gasteiger partial charge in [-0.1, -0.05) is 12.1 Å². The summed E-state index contributed by atoms with van der Waals surface area (Å²) in [7, 11) is 0. The molecule has 0 aliphatic carbocycles. The fourth-order valence-electron chi connectivity index (χ4n) is 2.72. The van der Waals surface area contributed by atoms with E-state index < -0.39 is 17.6 Å². The molecule has 0 unspecified atom stereocenters. The molecule has 3 aromatic rings. The fraction of sp³-hybridized carbons (Fsp3) is 0.190. The Morgan fingerprint density at radius 2 is 1.79 bits per heavy atom. The average Bonchev–Trinajstić information content (AvgIpc) is 3.08. The van der Waals surface area contributed by atoms with E-state index >= 15 is 0 Å². The molecule has 0 saturated heterocycles. The molecule has 3 nitrogen and oxygen atoms in total. The van der Waals surface area contributed by atoms with Gasteiger partial charge in [-0.15, -0.1) is 11.3 Å². The highest BCUT2D eigenvalue weighted by Crippen LogP contribution is 2.31. The van der Waals surface area contributed by atoms with Gasteiger partial charge in [-0.05, 0) is 66.8 Å². The van der Waals surface area contributed by atoms with Crippen LogP contribution in [0.25, 0.3) is 0 Å². The number of benzene rings is 2. The summed E-state index contributed by atoms with van der Waals surface area (Å²) >= 11 is 1.21. The summed E-state index contributed by atoms with van der Waals surface area (Å²) in [6.45, 7) is 4.28. The number of aryl methyl sites for hydroxylation is 2. The molecular formula is C21H18F3NO2S. The van der Waals surface area contributed by atoms with Gasteiger partial charge in [0, 0.05) is 11.3 Å². The summed E-state index contributed by atoms with van der Waals surface area (Å²) in [6, 6.07) is 12.1. The van der Waals surface area contributed by atoms with Crippen LogP contribution in [0.3, 0.4) is 0 Å². The van der Waals surface area contributed by atoms with Crippen molar-refractivity contribution >= 4 is 22.9 Å². The highest BCUT2D eigenvalue weighted by Gasteiger charge is 2.30. The Hall–Kier alpha value is -2.80. The van der Waals surface area contributed by atoms with Gasteiger partial charge in [0.25, 0.3) is 5.91 Å². The topological polar surface area (TPSA) is 38.3 Å². The van der Waals surface area contributed by atoms with Gasteiger partial charge in [-0.25, -0.2) is 0 Å². The van der Waals surface area contributed by atoms with Crippen LogP contribution in [0.15, 0.2) is 53.9 Å². The summed E-state index contributed by atoms with van der Waals surface area (Å²) < 4.78 is 44.1.